The van der Waals surface area contributed by atoms with E-state index in [0.29, 0.717) is 5.95 Å². The maximum Gasteiger partial charge on any atom is 0.223 e. The number of aryl methyl sites for hydroxylation is 1. The summed E-state index contributed by atoms with van der Waals surface area (Å²) in [6.45, 7) is 0.992. The zero-order valence-corrected chi connectivity index (χ0v) is 13.5. The number of anilines is 1. The van der Waals surface area contributed by atoms with Crippen molar-refractivity contribution in [2.24, 2.45) is 0 Å². The highest BCUT2D eigenvalue weighted by atomic mass is 79.9. The van der Waals surface area contributed by atoms with E-state index in [4.69, 9.17) is 0 Å². The van der Waals surface area contributed by atoms with Crippen molar-refractivity contribution in [3.05, 3.63) is 16.5 Å². The summed E-state index contributed by atoms with van der Waals surface area (Å²) in [7, 11) is 1.81. The maximum atomic E-state index is 4.45. The van der Waals surface area contributed by atoms with Crippen LogP contribution in [0.15, 0.2) is 20.9 Å². The van der Waals surface area contributed by atoms with Crippen molar-refractivity contribution in [3.63, 3.8) is 0 Å². The van der Waals surface area contributed by atoms with E-state index in [1.54, 1.807) is 13.2 Å². The van der Waals surface area contributed by atoms with Crippen LogP contribution < -0.4 is 5.32 Å². The summed E-state index contributed by atoms with van der Waals surface area (Å²) < 4.78 is 3.08. The summed E-state index contributed by atoms with van der Waals surface area (Å²) >= 11 is 5.01. The van der Waals surface area contributed by atoms with Crippen molar-refractivity contribution in [3.8, 4) is 0 Å². The Morgan fingerprint density at radius 1 is 1.30 bits per heavy atom. The van der Waals surface area contributed by atoms with Crippen LogP contribution >= 0.6 is 27.7 Å². The number of hydrogen-bond donors (Lipinski definition) is 1. The third kappa shape index (κ3) is 2.80. The molecule has 3 rings (SSSR count). The minimum atomic E-state index is 0.603. The van der Waals surface area contributed by atoms with Gasteiger partial charge in [0.15, 0.2) is 5.16 Å². The van der Waals surface area contributed by atoms with Gasteiger partial charge >= 0.3 is 0 Å². The van der Waals surface area contributed by atoms with Gasteiger partial charge in [-0.25, -0.2) is 9.97 Å². The normalized spacial score (nSPS) is 14.7. The lowest BCUT2D eigenvalue weighted by Gasteiger charge is -2.07. The van der Waals surface area contributed by atoms with E-state index < -0.39 is 0 Å². The van der Waals surface area contributed by atoms with E-state index in [2.05, 4.69) is 46.0 Å². The monoisotopic (exact) mass is 354 g/mol. The van der Waals surface area contributed by atoms with E-state index in [-0.39, 0.29) is 0 Å². The second-order valence-electron chi connectivity index (χ2n) is 4.56. The summed E-state index contributed by atoms with van der Waals surface area (Å²) in [5.41, 5.74) is 0. The predicted molar refractivity (Wildman–Crippen MR) is 81.0 cm³/mol. The van der Waals surface area contributed by atoms with Crippen LogP contribution in [0.3, 0.4) is 0 Å². The third-order valence-corrected chi connectivity index (χ3v) is 5.03. The number of nitrogens with zero attached hydrogens (tertiary/aromatic N) is 5. The number of hydrogen-bond acceptors (Lipinski definition) is 6. The van der Waals surface area contributed by atoms with E-state index >= 15 is 0 Å². The molecule has 0 aromatic carbocycles. The van der Waals surface area contributed by atoms with E-state index in [9.17, 15) is 0 Å². The van der Waals surface area contributed by atoms with E-state index in [0.717, 1.165) is 33.4 Å². The lowest BCUT2D eigenvalue weighted by molar-refractivity contribution is 0.590. The lowest BCUT2D eigenvalue weighted by atomic mass is 10.2. The van der Waals surface area contributed by atoms with Crippen LogP contribution in [0.2, 0.25) is 0 Å². The highest BCUT2D eigenvalue weighted by molar-refractivity contribution is 9.10. The second kappa shape index (κ2) is 6.09. The lowest BCUT2D eigenvalue weighted by Crippen LogP contribution is -2.03. The predicted octanol–water partition coefficient (Wildman–Crippen LogP) is 2.75. The van der Waals surface area contributed by atoms with Crippen molar-refractivity contribution in [2.75, 3.05) is 12.4 Å². The van der Waals surface area contributed by atoms with Crippen molar-refractivity contribution < 1.29 is 0 Å². The zero-order valence-electron chi connectivity index (χ0n) is 11.1. The quantitative estimate of drug-likeness (QED) is 0.854. The van der Waals surface area contributed by atoms with Crippen LogP contribution in [-0.4, -0.2) is 31.8 Å². The van der Waals surface area contributed by atoms with Crippen molar-refractivity contribution in [1.82, 2.24) is 24.7 Å². The molecule has 0 saturated carbocycles. The highest BCUT2D eigenvalue weighted by Crippen LogP contribution is 2.32. The van der Waals surface area contributed by atoms with Crippen molar-refractivity contribution in [1.29, 1.82) is 0 Å². The minimum absolute atomic E-state index is 0.603. The molecule has 0 atom stereocenters. The van der Waals surface area contributed by atoms with E-state index in [1.807, 2.05) is 0 Å². The molecule has 1 aliphatic rings. The standard InChI is InChI=1S/C12H15BrN6S/c1-14-11-15-7-8(13)10(16-11)20-12-18-17-9-5-3-2-4-6-19(9)12/h7H,2-6H2,1H3,(H,14,15,16). The van der Waals surface area contributed by atoms with Gasteiger partial charge in [-0.2, -0.15) is 0 Å². The zero-order chi connectivity index (χ0) is 13.9. The summed E-state index contributed by atoms with van der Waals surface area (Å²) in [4.78, 5) is 8.61. The largest absolute Gasteiger partial charge is 0.357 e. The molecule has 0 radical (unpaired) electrons. The Hall–Kier alpha value is -1.15. The molecule has 0 unspecified atom stereocenters. The average molecular weight is 355 g/mol. The van der Waals surface area contributed by atoms with Crippen molar-refractivity contribution in [2.45, 2.75) is 42.4 Å². The Kier molecular flexibility index (Phi) is 4.21. The smallest absolute Gasteiger partial charge is 0.223 e. The molecule has 0 spiro atoms. The first-order chi connectivity index (χ1) is 9.78. The van der Waals surface area contributed by atoms with Gasteiger partial charge in [0, 0.05) is 26.2 Å². The molecule has 0 aliphatic carbocycles. The molecule has 0 bridgehead atoms. The number of halogens is 1. The Labute approximate surface area is 129 Å². The molecule has 3 heterocycles. The molecule has 20 heavy (non-hydrogen) atoms. The number of aromatic nitrogens is 5. The Morgan fingerprint density at radius 2 is 2.20 bits per heavy atom. The van der Waals surface area contributed by atoms with Crippen LogP contribution in [0.25, 0.3) is 0 Å². The van der Waals surface area contributed by atoms with Gasteiger partial charge in [-0.1, -0.05) is 6.42 Å². The molecule has 0 amide bonds. The molecule has 6 nitrogen and oxygen atoms in total. The fourth-order valence-corrected chi connectivity index (χ4v) is 3.44. The topological polar surface area (TPSA) is 68.5 Å². The molecule has 0 saturated heterocycles. The summed E-state index contributed by atoms with van der Waals surface area (Å²) in [6.07, 6.45) is 6.41. The SMILES string of the molecule is CNc1ncc(Br)c(Sc2nnc3n2CCCCC3)n1. The summed E-state index contributed by atoms with van der Waals surface area (Å²) in [6, 6.07) is 0. The van der Waals surface area contributed by atoms with Gasteiger partial charge in [-0.3, -0.25) is 0 Å². The maximum absolute atomic E-state index is 4.45. The van der Waals surface area contributed by atoms with Gasteiger partial charge in [0.2, 0.25) is 5.95 Å². The Balaban J connectivity index is 1.90. The Morgan fingerprint density at radius 3 is 3.05 bits per heavy atom. The first-order valence-electron chi connectivity index (χ1n) is 6.58. The Bertz CT molecular complexity index is 614. The first-order valence-corrected chi connectivity index (χ1v) is 8.19. The molecule has 106 valence electrons. The summed E-state index contributed by atoms with van der Waals surface area (Å²) in [5, 5.41) is 13.3. The van der Waals surface area contributed by atoms with Crippen LogP contribution in [0.5, 0.6) is 0 Å². The first kappa shape index (κ1) is 13.8. The van der Waals surface area contributed by atoms with Gasteiger partial charge in [-0.05, 0) is 40.5 Å². The molecule has 1 aliphatic heterocycles. The van der Waals surface area contributed by atoms with Crippen molar-refractivity contribution >= 4 is 33.6 Å². The molecular weight excluding hydrogens is 340 g/mol. The molecular formula is C12H15BrN6S. The van der Waals surface area contributed by atoms with Crippen LogP contribution in [0.4, 0.5) is 5.95 Å². The molecule has 8 heteroatoms. The number of nitrogens with one attached hydrogen (secondary N) is 1. The van der Waals surface area contributed by atoms with Gasteiger partial charge in [-0.15, -0.1) is 10.2 Å². The minimum Gasteiger partial charge on any atom is -0.357 e. The van der Waals surface area contributed by atoms with Gasteiger partial charge in [0.25, 0.3) is 0 Å². The van der Waals surface area contributed by atoms with Gasteiger partial charge in [0.1, 0.15) is 10.9 Å². The molecule has 1 N–H and O–H groups in total. The molecule has 0 fully saturated rings. The third-order valence-electron chi connectivity index (χ3n) is 3.20. The van der Waals surface area contributed by atoms with Gasteiger partial charge in [0.05, 0.1) is 4.47 Å². The van der Waals surface area contributed by atoms with Crippen LogP contribution in [-0.2, 0) is 13.0 Å². The van der Waals surface area contributed by atoms with Gasteiger partial charge < -0.3 is 9.88 Å². The molecule has 2 aromatic rings. The second-order valence-corrected chi connectivity index (χ2v) is 6.37. The number of rotatable bonds is 3. The fourth-order valence-electron chi connectivity index (χ4n) is 2.16. The summed E-state index contributed by atoms with van der Waals surface area (Å²) in [5.74, 6) is 1.69. The number of fused-ring (bicyclic) bond motifs is 1. The van der Waals surface area contributed by atoms with Crippen LogP contribution in [0, 0.1) is 0 Å². The highest BCUT2D eigenvalue weighted by Gasteiger charge is 2.17. The fraction of sp³-hybridized carbons (Fsp3) is 0.500. The molecule has 2 aromatic heterocycles. The van der Waals surface area contributed by atoms with E-state index in [1.165, 1.54) is 31.0 Å². The average Bonchev–Trinajstić information content (AvgIpc) is 2.70. The van der Waals surface area contributed by atoms with Crippen LogP contribution in [0.1, 0.15) is 25.1 Å².